The Hall–Kier alpha value is -3.91. The van der Waals surface area contributed by atoms with Crippen molar-refractivity contribution in [3.63, 3.8) is 0 Å². The second-order valence-corrected chi connectivity index (χ2v) is 13.2. The fourth-order valence-electron chi connectivity index (χ4n) is 6.38. The van der Waals surface area contributed by atoms with Crippen molar-refractivity contribution in [2.75, 3.05) is 71.5 Å². The normalized spacial score (nSPS) is 14.2. The van der Waals surface area contributed by atoms with Crippen LogP contribution in [0.15, 0.2) is 110 Å². The summed E-state index contributed by atoms with van der Waals surface area (Å²) in [6.45, 7) is 6.29. The maximum Gasteiger partial charge on any atom is 0.416 e. The zero-order valence-corrected chi connectivity index (χ0v) is 31.8. The van der Waals surface area contributed by atoms with Gasteiger partial charge in [0.15, 0.2) is 17.1 Å². The van der Waals surface area contributed by atoms with E-state index in [-0.39, 0.29) is 42.6 Å². The monoisotopic (exact) mass is 791 g/mol. The molecule has 1 fully saturated rings. The minimum atomic E-state index is -4.35. The van der Waals surface area contributed by atoms with E-state index in [9.17, 15) is 18.0 Å². The van der Waals surface area contributed by atoms with Crippen LogP contribution in [-0.2, 0) is 6.18 Å². The van der Waals surface area contributed by atoms with E-state index in [0.29, 0.717) is 41.3 Å². The molecule has 1 aromatic heterocycles. The van der Waals surface area contributed by atoms with E-state index in [2.05, 4.69) is 9.80 Å². The molecule has 0 unspecified atom stereocenters. The number of aliphatic hydroxyl groups is 1. The maximum atomic E-state index is 13.3. The molecule has 1 N–H and O–H groups in total. The fraction of sp³-hybridized carbons (Fsp3) is 0.308. The van der Waals surface area contributed by atoms with Crippen molar-refractivity contribution in [2.45, 2.75) is 22.4 Å². The van der Waals surface area contributed by atoms with Crippen LogP contribution in [0, 0.1) is 0 Å². The number of rotatable bonds is 9. The number of piperazine rings is 1. The number of aliphatic hydroxyl groups excluding tert-OH is 1. The van der Waals surface area contributed by atoms with Gasteiger partial charge in [-0.05, 0) is 55.4 Å². The summed E-state index contributed by atoms with van der Waals surface area (Å²) in [5.41, 5.74) is 2.00. The second-order valence-electron chi connectivity index (χ2n) is 12.2. The largest absolute Gasteiger partial charge is 0.493 e. The minimum Gasteiger partial charge on any atom is -0.493 e. The van der Waals surface area contributed by atoms with Crippen molar-refractivity contribution in [3.05, 3.63) is 107 Å². The average Bonchev–Trinajstić information content (AvgIpc) is 3.15. The first-order valence-corrected chi connectivity index (χ1v) is 17.6. The summed E-state index contributed by atoms with van der Waals surface area (Å²) in [6.07, 6.45) is -3.48. The van der Waals surface area contributed by atoms with Crippen LogP contribution in [0.25, 0.3) is 22.3 Å². The summed E-state index contributed by atoms with van der Waals surface area (Å²) in [5, 5.41) is 9.50. The van der Waals surface area contributed by atoms with Gasteiger partial charge < -0.3 is 28.8 Å². The van der Waals surface area contributed by atoms with Crippen LogP contribution in [-0.4, -0.2) is 81.5 Å². The van der Waals surface area contributed by atoms with Crippen LogP contribution in [0.5, 0.6) is 11.5 Å². The Morgan fingerprint density at radius 3 is 2.09 bits per heavy atom. The highest BCUT2D eigenvalue weighted by molar-refractivity contribution is 7.99. The molecule has 0 amide bonds. The molecule has 4 aromatic carbocycles. The van der Waals surface area contributed by atoms with E-state index in [1.807, 2.05) is 59.5 Å². The number of hydrogen-bond acceptors (Lipinski definition) is 9. The van der Waals surface area contributed by atoms with Gasteiger partial charge in [-0.3, -0.25) is 9.69 Å². The highest BCUT2D eigenvalue weighted by atomic mass is 35.5. The number of methoxy groups -OCH3 is 2. The minimum absolute atomic E-state index is 0. The Kier molecular flexibility index (Phi) is 14.9. The van der Waals surface area contributed by atoms with Gasteiger partial charge >= 0.3 is 6.18 Å². The summed E-state index contributed by atoms with van der Waals surface area (Å²) in [6, 6.07) is 26.5. The third kappa shape index (κ3) is 9.61. The van der Waals surface area contributed by atoms with E-state index in [1.165, 1.54) is 31.0 Å². The van der Waals surface area contributed by atoms with Crippen LogP contribution in [0.2, 0.25) is 0 Å². The lowest BCUT2D eigenvalue weighted by Crippen LogP contribution is -2.47. The molecule has 1 saturated heterocycles. The molecule has 14 heteroatoms. The van der Waals surface area contributed by atoms with Gasteiger partial charge in [0, 0.05) is 54.6 Å². The van der Waals surface area contributed by atoms with Crippen molar-refractivity contribution in [3.8, 4) is 22.8 Å². The number of alkyl halides is 3. The van der Waals surface area contributed by atoms with Gasteiger partial charge in [0.05, 0.1) is 43.2 Å². The topological polar surface area (TPSA) is 78.6 Å². The Balaban J connectivity index is 0.000000241. The standard InChI is InChI=1S/C22H26F3N3OS.C17H14O4.2ClH/c23-22(24,25)17-6-7-21-19(16-17)28(18-4-1-2-5-20(18)30-21)9-3-8-26-10-12-27(13-11-26)14-15-29;1-19-13-10-6-9-12-14(18)17(20-2)15(21-16(12)13)11-7-4-3-5-8-11;;/h1-2,4-7,16,29H,3,8-15H2;3-10H,1-2H3;2*1H. The summed E-state index contributed by atoms with van der Waals surface area (Å²) in [7, 11) is 3.01. The highest BCUT2D eigenvalue weighted by Gasteiger charge is 2.33. The first-order valence-electron chi connectivity index (χ1n) is 16.8. The number of para-hydroxylation sites is 2. The van der Waals surface area contributed by atoms with Crippen LogP contribution in [0.4, 0.5) is 24.5 Å². The van der Waals surface area contributed by atoms with Gasteiger partial charge in [-0.15, -0.1) is 24.8 Å². The molecule has 0 spiro atoms. The molecular formula is C39H42Cl2F3N3O5S. The quantitative estimate of drug-likeness (QED) is 0.158. The molecule has 2 aliphatic heterocycles. The molecule has 8 nitrogen and oxygen atoms in total. The number of benzene rings is 4. The Morgan fingerprint density at radius 1 is 0.774 bits per heavy atom. The fourth-order valence-corrected chi connectivity index (χ4v) is 7.45. The van der Waals surface area contributed by atoms with Crippen molar-refractivity contribution in [1.82, 2.24) is 9.80 Å². The van der Waals surface area contributed by atoms with Gasteiger partial charge in [0.1, 0.15) is 0 Å². The first-order chi connectivity index (χ1) is 24.7. The van der Waals surface area contributed by atoms with Gasteiger partial charge in [-0.25, -0.2) is 0 Å². The molecule has 0 atom stereocenters. The van der Waals surface area contributed by atoms with Gasteiger partial charge in [-0.2, -0.15) is 13.2 Å². The predicted octanol–water partition coefficient (Wildman–Crippen LogP) is 8.63. The SMILES string of the molecule is COc1c(-c2ccccc2)oc2c(OC)cccc2c1=O.Cl.Cl.OCCN1CCN(CCCN2c3ccccc3Sc3ccc(C(F)(F)F)cc32)CC1. The highest BCUT2D eigenvalue weighted by Crippen LogP contribution is 2.49. The molecule has 3 heterocycles. The molecule has 5 aromatic rings. The summed E-state index contributed by atoms with van der Waals surface area (Å²) < 4.78 is 56.4. The molecule has 0 radical (unpaired) electrons. The second kappa shape index (κ2) is 18.9. The lowest BCUT2D eigenvalue weighted by atomic mass is 10.1. The molecular weight excluding hydrogens is 750 g/mol. The van der Waals surface area contributed by atoms with Gasteiger partial charge in [0.2, 0.25) is 11.2 Å². The third-order valence-corrected chi connectivity index (χ3v) is 10.1. The van der Waals surface area contributed by atoms with Crippen molar-refractivity contribution in [1.29, 1.82) is 0 Å². The summed E-state index contributed by atoms with van der Waals surface area (Å²) in [4.78, 5) is 21.2. The lowest BCUT2D eigenvalue weighted by Gasteiger charge is -2.36. The molecule has 0 aliphatic carbocycles. The van der Waals surface area contributed by atoms with E-state index in [1.54, 1.807) is 31.4 Å². The number of hydrogen-bond donors (Lipinski definition) is 1. The van der Waals surface area contributed by atoms with Crippen LogP contribution in [0.3, 0.4) is 0 Å². The van der Waals surface area contributed by atoms with E-state index in [0.717, 1.165) is 60.2 Å². The number of nitrogens with zero attached hydrogens (tertiary/aromatic N) is 3. The number of halogens is 5. The van der Waals surface area contributed by atoms with Crippen molar-refractivity contribution < 1.29 is 32.2 Å². The number of ether oxygens (including phenoxy) is 2. The number of β-amino-alcohol motifs (C(OH)–C–C–N with tert-alkyl or cyclic N) is 1. The maximum absolute atomic E-state index is 13.3. The lowest BCUT2D eigenvalue weighted by molar-refractivity contribution is -0.137. The van der Waals surface area contributed by atoms with Crippen molar-refractivity contribution >= 4 is 58.9 Å². The molecule has 2 aliphatic rings. The van der Waals surface area contributed by atoms with Gasteiger partial charge in [-0.1, -0.05) is 60.3 Å². The molecule has 284 valence electrons. The Morgan fingerprint density at radius 2 is 1.43 bits per heavy atom. The Labute approximate surface area is 323 Å². The summed E-state index contributed by atoms with van der Waals surface area (Å²) in [5.74, 6) is 1.12. The predicted molar refractivity (Wildman–Crippen MR) is 209 cm³/mol. The van der Waals surface area contributed by atoms with Crippen molar-refractivity contribution in [2.24, 2.45) is 0 Å². The van der Waals surface area contributed by atoms with Crippen LogP contribution >= 0.6 is 36.6 Å². The first kappa shape index (κ1) is 41.8. The zero-order valence-electron chi connectivity index (χ0n) is 29.3. The molecule has 53 heavy (non-hydrogen) atoms. The van der Waals surface area contributed by atoms with E-state index in [4.69, 9.17) is 19.0 Å². The zero-order chi connectivity index (χ0) is 36.0. The third-order valence-electron chi connectivity index (χ3n) is 8.99. The van der Waals surface area contributed by atoms with E-state index < -0.39 is 11.7 Å². The average molecular weight is 793 g/mol. The molecule has 7 rings (SSSR count). The van der Waals surface area contributed by atoms with Crippen LogP contribution in [0.1, 0.15) is 12.0 Å². The van der Waals surface area contributed by atoms with Gasteiger partial charge in [0.25, 0.3) is 0 Å². The molecule has 0 bridgehead atoms. The smallest absolute Gasteiger partial charge is 0.416 e. The Bertz CT molecular complexity index is 2010. The summed E-state index contributed by atoms with van der Waals surface area (Å²) >= 11 is 1.53. The number of anilines is 2. The van der Waals surface area contributed by atoms with Crippen LogP contribution < -0.4 is 19.8 Å². The van der Waals surface area contributed by atoms with E-state index >= 15 is 0 Å². The molecule has 0 saturated carbocycles. The number of fused-ring (bicyclic) bond motifs is 3.